The highest BCUT2D eigenvalue weighted by Gasteiger charge is 2.32. The van der Waals surface area contributed by atoms with Gasteiger partial charge in [-0.15, -0.1) is 12.3 Å². The first-order valence-electron chi connectivity index (χ1n) is 5.95. The second-order valence-electron chi connectivity index (χ2n) is 4.02. The lowest BCUT2D eigenvalue weighted by Gasteiger charge is -2.32. The average Bonchev–Trinajstić information content (AvgIpc) is 2.38. The van der Waals surface area contributed by atoms with Crippen molar-refractivity contribution in [1.29, 1.82) is 0 Å². The first-order valence-corrected chi connectivity index (χ1v) is 5.95. The molecule has 0 aliphatic carbocycles. The molecule has 18 heavy (non-hydrogen) atoms. The minimum Gasteiger partial charge on any atom is -0.480 e. The van der Waals surface area contributed by atoms with Gasteiger partial charge in [-0.05, 0) is 12.8 Å². The van der Waals surface area contributed by atoms with Gasteiger partial charge in [-0.1, -0.05) is 0 Å². The zero-order chi connectivity index (χ0) is 13.4. The van der Waals surface area contributed by atoms with Crippen molar-refractivity contribution in [3.8, 4) is 12.3 Å². The number of carboxylic acid groups (broad SMARTS) is 1. The minimum atomic E-state index is -1.04. The monoisotopic (exact) mass is 254 g/mol. The number of carbonyl (C=O) groups is 2. The van der Waals surface area contributed by atoms with E-state index >= 15 is 0 Å². The maximum atomic E-state index is 11.8. The largest absolute Gasteiger partial charge is 0.480 e. The van der Waals surface area contributed by atoms with E-state index in [0.29, 0.717) is 26.1 Å². The Kier molecular flexibility index (Phi) is 6.01. The van der Waals surface area contributed by atoms with Crippen LogP contribution in [0.2, 0.25) is 0 Å². The number of carbonyl (C=O) groups excluding carboxylic acids is 1. The second-order valence-corrected chi connectivity index (χ2v) is 4.02. The van der Waals surface area contributed by atoms with E-state index in [4.69, 9.17) is 16.3 Å². The van der Waals surface area contributed by atoms with E-state index in [-0.39, 0.29) is 12.6 Å². The predicted octanol–water partition coefficient (Wildman–Crippen LogP) is 0.285. The Bertz CT molecular complexity index is 337. The Hall–Kier alpha value is -1.74. The van der Waals surface area contributed by atoms with Crippen LogP contribution < -0.4 is 5.32 Å². The highest BCUT2D eigenvalue weighted by atomic mass is 16.5. The summed E-state index contributed by atoms with van der Waals surface area (Å²) in [5.41, 5.74) is 0. The number of hydrogen-bond donors (Lipinski definition) is 2. The van der Waals surface area contributed by atoms with E-state index in [1.807, 2.05) is 0 Å². The molecule has 100 valence electrons. The third-order valence-corrected chi connectivity index (χ3v) is 2.70. The molecule has 0 bridgehead atoms. The van der Waals surface area contributed by atoms with Gasteiger partial charge in [-0.25, -0.2) is 9.59 Å². The maximum Gasteiger partial charge on any atom is 0.328 e. The molecule has 0 aromatic rings. The molecular formula is C12H18N2O4. The van der Waals surface area contributed by atoms with Gasteiger partial charge in [-0.2, -0.15) is 0 Å². The molecule has 1 atom stereocenters. The highest BCUT2D eigenvalue weighted by Crippen LogP contribution is 2.07. The van der Waals surface area contributed by atoms with Crippen molar-refractivity contribution in [2.45, 2.75) is 25.3 Å². The summed E-state index contributed by atoms with van der Waals surface area (Å²) in [5.74, 6) is 1.48. The lowest BCUT2D eigenvalue weighted by atomic mass is 10.2. The van der Waals surface area contributed by atoms with Gasteiger partial charge < -0.3 is 20.1 Å². The molecule has 1 heterocycles. The van der Waals surface area contributed by atoms with Crippen LogP contribution in [0.25, 0.3) is 0 Å². The van der Waals surface area contributed by atoms with Crippen molar-refractivity contribution in [1.82, 2.24) is 10.2 Å². The van der Waals surface area contributed by atoms with Gasteiger partial charge in [0, 0.05) is 19.5 Å². The number of aliphatic carboxylic acids is 1. The number of nitrogens with one attached hydrogen (secondary N) is 1. The summed E-state index contributed by atoms with van der Waals surface area (Å²) in [5, 5.41) is 11.7. The molecule has 0 saturated carbocycles. The zero-order valence-corrected chi connectivity index (χ0v) is 10.2. The van der Waals surface area contributed by atoms with Gasteiger partial charge in [0.25, 0.3) is 0 Å². The molecule has 2 amide bonds. The standard InChI is InChI=1S/C12H18N2O4/c1-2-3-4-5-6-13-12(17)14-7-8-18-9-10(14)11(15)16/h1,10H,3-9H2,(H,13,17)(H,15,16). The third-order valence-electron chi connectivity index (χ3n) is 2.70. The van der Waals surface area contributed by atoms with Crippen LogP contribution in [0.4, 0.5) is 4.79 Å². The average molecular weight is 254 g/mol. The summed E-state index contributed by atoms with van der Waals surface area (Å²) in [7, 11) is 0. The number of amides is 2. The normalized spacial score (nSPS) is 19.1. The van der Waals surface area contributed by atoms with Crippen molar-refractivity contribution < 1.29 is 19.4 Å². The van der Waals surface area contributed by atoms with Crippen LogP contribution >= 0.6 is 0 Å². The van der Waals surface area contributed by atoms with Crippen LogP contribution in [-0.2, 0) is 9.53 Å². The Labute approximate surface area is 106 Å². The Morgan fingerprint density at radius 2 is 2.28 bits per heavy atom. The number of morpholine rings is 1. The number of carboxylic acids is 1. The number of ether oxygens (including phenoxy) is 1. The van der Waals surface area contributed by atoms with Crippen LogP contribution in [0.5, 0.6) is 0 Å². The van der Waals surface area contributed by atoms with Gasteiger partial charge in [0.1, 0.15) is 0 Å². The van der Waals surface area contributed by atoms with Gasteiger partial charge in [0.05, 0.1) is 13.2 Å². The molecule has 1 rings (SSSR count). The van der Waals surface area contributed by atoms with E-state index in [1.165, 1.54) is 4.90 Å². The Morgan fingerprint density at radius 1 is 1.50 bits per heavy atom. The van der Waals surface area contributed by atoms with Crippen LogP contribution in [-0.4, -0.2) is 54.4 Å². The van der Waals surface area contributed by atoms with E-state index in [2.05, 4.69) is 11.2 Å². The molecule has 0 aromatic carbocycles. The molecule has 0 radical (unpaired) electrons. The quantitative estimate of drug-likeness (QED) is 0.546. The van der Waals surface area contributed by atoms with E-state index in [0.717, 1.165) is 12.8 Å². The van der Waals surface area contributed by atoms with Gasteiger partial charge >= 0.3 is 12.0 Å². The summed E-state index contributed by atoms with van der Waals surface area (Å²) in [6.45, 7) is 1.21. The molecule has 0 spiro atoms. The summed E-state index contributed by atoms with van der Waals surface area (Å²) in [4.78, 5) is 24.1. The van der Waals surface area contributed by atoms with Crippen molar-refractivity contribution in [2.24, 2.45) is 0 Å². The van der Waals surface area contributed by atoms with Crippen LogP contribution in [0.3, 0.4) is 0 Å². The molecule has 1 unspecified atom stereocenters. The van der Waals surface area contributed by atoms with Gasteiger partial charge in [0.2, 0.25) is 0 Å². The fourth-order valence-corrected chi connectivity index (χ4v) is 1.70. The summed E-state index contributed by atoms with van der Waals surface area (Å²) in [6.07, 6.45) is 7.44. The van der Waals surface area contributed by atoms with Crippen LogP contribution in [0, 0.1) is 12.3 Å². The Balaban J connectivity index is 2.34. The number of rotatable bonds is 5. The van der Waals surface area contributed by atoms with Crippen molar-refractivity contribution in [2.75, 3.05) is 26.3 Å². The molecule has 2 N–H and O–H groups in total. The van der Waals surface area contributed by atoms with E-state index < -0.39 is 12.0 Å². The topological polar surface area (TPSA) is 78.9 Å². The highest BCUT2D eigenvalue weighted by molar-refractivity contribution is 5.82. The molecule has 1 fully saturated rings. The van der Waals surface area contributed by atoms with Crippen LogP contribution in [0.15, 0.2) is 0 Å². The minimum absolute atomic E-state index is 0.0415. The van der Waals surface area contributed by atoms with Crippen molar-refractivity contribution >= 4 is 12.0 Å². The van der Waals surface area contributed by atoms with E-state index in [1.54, 1.807) is 0 Å². The first-order chi connectivity index (χ1) is 8.66. The lowest BCUT2D eigenvalue weighted by molar-refractivity contribution is -0.147. The SMILES string of the molecule is C#CCCCCNC(=O)N1CCOCC1C(=O)O. The molecular weight excluding hydrogens is 236 g/mol. The number of hydrogen-bond acceptors (Lipinski definition) is 3. The molecule has 6 heteroatoms. The molecule has 6 nitrogen and oxygen atoms in total. The smallest absolute Gasteiger partial charge is 0.328 e. The summed E-state index contributed by atoms with van der Waals surface area (Å²) in [6, 6.07) is -1.25. The van der Waals surface area contributed by atoms with Gasteiger partial charge in [0.15, 0.2) is 6.04 Å². The predicted molar refractivity (Wildman–Crippen MR) is 65.0 cm³/mol. The number of unbranched alkanes of at least 4 members (excludes halogenated alkanes) is 2. The maximum absolute atomic E-state index is 11.8. The zero-order valence-electron chi connectivity index (χ0n) is 10.2. The molecule has 1 aliphatic rings. The van der Waals surface area contributed by atoms with E-state index in [9.17, 15) is 9.59 Å². The molecule has 1 saturated heterocycles. The van der Waals surface area contributed by atoms with Gasteiger partial charge in [-0.3, -0.25) is 0 Å². The van der Waals surface area contributed by atoms with Crippen molar-refractivity contribution in [3.63, 3.8) is 0 Å². The first kappa shape index (κ1) is 14.3. The number of urea groups is 1. The summed E-state index contributed by atoms with van der Waals surface area (Å²) >= 11 is 0. The number of terminal acetylenes is 1. The number of nitrogens with zero attached hydrogens (tertiary/aromatic N) is 1. The second kappa shape index (κ2) is 7.56. The fourth-order valence-electron chi connectivity index (χ4n) is 1.70. The molecule has 0 aromatic heterocycles. The third kappa shape index (κ3) is 4.26. The Morgan fingerprint density at radius 3 is 2.94 bits per heavy atom. The summed E-state index contributed by atoms with van der Waals surface area (Å²) < 4.78 is 5.06. The fraction of sp³-hybridized carbons (Fsp3) is 0.667. The lowest BCUT2D eigenvalue weighted by Crippen LogP contribution is -2.55. The molecule has 1 aliphatic heterocycles. The van der Waals surface area contributed by atoms with Crippen LogP contribution in [0.1, 0.15) is 19.3 Å². The van der Waals surface area contributed by atoms with Crippen molar-refractivity contribution in [3.05, 3.63) is 0 Å².